The van der Waals surface area contributed by atoms with Gasteiger partial charge in [0.1, 0.15) is 6.04 Å². The number of piperidine rings is 1. The first-order valence-corrected chi connectivity index (χ1v) is 7.75. The molecule has 1 aliphatic heterocycles. The molecule has 1 saturated heterocycles. The highest BCUT2D eigenvalue weighted by Gasteiger charge is 2.28. The average molecular weight is 288 g/mol. The van der Waals surface area contributed by atoms with E-state index in [1.807, 2.05) is 24.5 Å². The number of hydrogen-bond acceptors (Lipinski definition) is 3. The SMILES string of the molecule is CCCC=CC(C(=O)O)N1CCC(c2ccncc2)CC1. The van der Waals surface area contributed by atoms with Gasteiger partial charge < -0.3 is 5.11 Å². The van der Waals surface area contributed by atoms with Gasteiger partial charge in [-0.05, 0) is 56.0 Å². The minimum Gasteiger partial charge on any atom is -0.480 e. The summed E-state index contributed by atoms with van der Waals surface area (Å²) in [4.78, 5) is 17.6. The number of rotatable bonds is 6. The van der Waals surface area contributed by atoms with E-state index in [0.29, 0.717) is 5.92 Å². The van der Waals surface area contributed by atoms with Crippen LogP contribution >= 0.6 is 0 Å². The molecule has 0 amide bonds. The molecule has 21 heavy (non-hydrogen) atoms. The van der Waals surface area contributed by atoms with Crippen LogP contribution in [0.25, 0.3) is 0 Å². The Morgan fingerprint density at radius 1 is 1.43 bits per heavy atom. The number of likely N-dealkylation sites (tertiary alicyclic amines) is 1. The Kier molecular flexibility index (Phi) is 5.93. The van der Waals surface area contributed by atoms with Gasteiger partial charge in [-0.3, -0.25) is 14.7 Å². The molecule has 1 aliphatic rings. The topological polar surface area (TPSA) is 53.4 Å². The number of pyridine rings is 1. The summed E-state index contributed by atoms with van der Waals surface area (Å²) in [6.45, 7) is 3.77. The van der Waals surface area contributed by atoms with Gasteiger partial charge in [-0.2, -0.15) is 0 Å². The zero-order valence-electron chi connectivity index (χ0n) is 12.6. The molecule has 0 bridgehead atoms. The third-order valence-corrected chi connectivity index (χ3v) is 4.13. The van der Waals surface area contributed by atoms with Crippen LogP contribution in [0.15, 0.2) is 36.7 Å². The maximum atomic E-state index is 11.4. The number of aromatic nitrogens is 1. The minimum atomic E-state index is -0.746. The number of unbranched alkanes of at least 4 members (excludes halogenated alkanes) is 1. The molecular weight excluding hydrogens is 264 g/mol. The van der Waals surface area contributed by atoms with Gasteiger partial charge in [0, 0.05) is 12.4 Å². The van der Waals surface area contributed by atoms with E-state index in [1.54, 1.807) is 0 Å². The first-order valence-electron chi connectivity index (χ1n) is 7.75. The van der Waals surface area contributed by atoms with E-state index in [0.717, 1.165) is 38.8 Å². The van der Waals surface area contributed by atoms with Gasteiger partial charge in [0.15, 0.2) is 0 Å². The summed E-state index contributed by atoms with van der Waals surface area (Å²) in [5.41, 5.74) is 1.32. The molecule has 0 aromatic carbocycles. The van der Waals surface area contributed by atoms with E-state index in [-0.39, 0.29) is 0 Å². The number of nitrogens with zero attached hydrogens (tertiary/aromatic N) is 2. The van der Waals surface area contributed by atoms with Crippen molar-refractivity contribution >= 4 is 5.97 Å². The maximum Gasteiger partial charge on any atom is 0.324 e. The minimum absolute atomic E-state index is 0.477. The Hall–Kier alpha value is -1.68. The molecule has 0 saturated carbocycles. The van der Waals surface area contributed by atoms with Gasteiger partial charge in [-0.15, -0.1) is 0 Å². The summed E-state index contributed by atoms with van der Waals surface area (Å²) in [6, 6.07) is 3.65. The van der Waals surface area contributed by atoms with Crippen molar-refractivity contribution in [3.8, 4) is 0 Å². The Bertz CT molecular complexity index is 465. The van der Waals surface area contributed by atoms with Crippen molar-refractivity contribution in [1.82, 2.24) is 9.88 Å². The summed E-state index contributed by atoms with van der Waals surface area (Å²) >= 11 is 0. The zero-order valence-corrected chi connectivity index (χ0v) is 12.6. The van der Waals surface area contributed by atoms with Crippen LogP contribution < -0.4 is 0 Å². The molecule has 1 N–H and O–H groups in total. The van der Waals surface area contributed by atoms with Crippen molar-refractivity contribution in [1.29, 1.82) is 0 Å². The molecular formula is C17H24N2O2. The van der Waals surface area contributed by atoms with Gasteiger partial charge in [-0.1, -0.05) is 25.5 Å². The molecule has 114 valence electrons. The van der Waals surface area contributed by atoms with Crippen LogP contribution in [-0.2, 0) is 4.79 Å². The fourth-order valence-corrected chi connectivity index (χ4v) is 2.90. The number of carboxylic acids is 1. The normalized spacial score (nSPS) is 18.9. The van der Waals surface area contributed by atoms with E-state index in [4.69, 9.17) is 0 Å². The van der Waals surface area contributed by atoms with E-state index < -0.39 is 12.0 Å². The molecule has 4 heteroatoms. The Labute approximate surface area is 126 Å². The van der Waals surface area contributed by atoms with Gasteiger partial charge >= 0.3 is 5.97 Å². The van der Waals surface area contributed by atoms with Crippen LogP contribution in [0, 0.1) is 0 Å². The molecule has 2 rings (SSSR count). The summed E-state index contributed by atoms with van der Waals surface area (Å²) in [5, 5.41) is 9.41. The monoisotopic (exact) mass is 288 g/mol. The number of hydrogen-bond donors (Lipinski definition) is 1. The fourth-order valence-electron chi connectivity index (χ4n) is 2.90. The first kappa shape index (κ1) is 15.7. The maximum absolute atomic E-state index is 11.4. The highest BCUT2D eigenvalue weighted by atomic mass is 16.4. The van der Waals surface area contributed by atoms with Crippen molar-refractivity contribution in [3.05, 3.63) is 42.2 Å². The van der Waals surface area contributed by atoms with E-state index >= 15 is 0 Å². The second kappa shape index (κ2) is 7.93. The van der Waals surface area contributed by atoms with Crippen molar-refractivity contribution in [2.24, 2.45) is 0 Å². The number of aliphatic carboxylic acids is 1. The molecule has 1 aromatic rings. The van der Waals surface area contributed by atoms with Crippen LogP contribution in [0.5, 0.6) is 0 Å². The smallest absolute Gasteiger partial charge is 0.324 e. The van der Waals surface area contributed by atoms with Crippen molar-refractivity contribution in [2.75, 3.05) is 13.1 Å². The van der Waals surface area contributed by atoms with Crippen LogP contribution in [0.2, 0.25) is 0 Å². The highest BCUT2D eigenvalue weighted by Crippen LogP contribution is 2.28. The summed E-state index contributed by atoms with van der Waals surface area (Å²) in [5.74, 6) is -0.219. The number of carbonyl (C=O) groups is 1. The van der Waals surface area contributed by atoms with Crippen molar-refractivity contribution < 1.29 is 9.90 Å². The lowest BCUT2D eigenvalue weighted by atomic mass is 9.89. The van der Waals surface area contributed by atoms with Crippen molar-refractivity contribution in [3.63, 3.8) is 0 Å². The van der Waals surface area contributed by atoms with Crippen molar-refractivity contribution in [2.45, 2.75) is 44.6 Å². The number of carboxylic acid groups (broad SMARTS) is 1. The van der Waals surface area contributed by atoms with E-state index in [1.165, 1.54) is 5.56 Å². The second-order valence-corrected chi connectivity index (χ2v) is 5.59. The quantitative estimate of drug-likeness (QED) is 0.817. The van der Waals surface area contributed by atoms with E-state index in [9.17, 15) is 9.90 Å². The standard InChI is InChI=1S/C17H24N2O2/c1-2-3-4-5-16(17(20)21)19-12-8-15(9-13-19)14-6-10-18-11-7-14/h4-7,10-11,15-16H,2-3,8-9,12-13H2,1H3,(H,20,21). The molecule has 1 fully saturated rings. The van der Waals surface area contributed by atoms with Gasteiger partial charge in [0.05, 0.1) is 0 Å². The predicted octanol–water partition coefficient (Wildman–Crippen LogP) is 3.07. The van der Waals surface area contributed by atoms with E-state index in [2.05, 4.69) is 28.9 Å². The van der Waals surface area contributed by atoms with Crippen LogP contribution in [0.3, 0.4) is 0 Å². The summed E-state index contributed by atoms with van der Waals surface area (Å²) < 4.78 is 0. The van der Waals surface area contributed by atoms with Crippen LogP contribution in [0.1, 0.15) is 44.1 Å². The molecule has 4 nitrogen and oxygen atoms in total. The first-order chi connectivity index (χ1) is 10.2. The fraction of sp³-hybridized carbons (Fsp3) is 0.529. The Morgan fingerprint density at radius 3 is 2.67 bits per heavy atom. The third-order valence-electron chi connectivity index (χ3n) is 4.13. The average Bonchev–Trinajstić information content (AvgIpc) is 2.52. The largest absolute Gasteiger partial charge is 0.480 e. The molecule has 0 spiro atoms. The molecule has 2 heterocycles. The number of allylic oxidation sites excluding steroid dienone is 1. The molecule has 1 atom stereocenters. The van der Waals surface area contributed by atoms with Crippen LogP contribution in [-0.4, -0.2) is 40.1 Å². The van der Waals surface area contributed by atoms with Gasteiger partial charge in [0.25, 0.3) is 0 Å². The lowest BCUT2D eigenvalue weighted by Crippen LogP contribution is -2.44. The lowest BCUT2D eigenvalue weighted by Gasteiger charge is -2.34. The van der Waals surface area contributed by atoms with Gasteiger partial charge in [0.2, 0.25) is 0 Å². The van der Waals surface area contributed by atoms with Gasteiger partial charge in [-0.25, -0.2) is 0 Å². The molecule has 1 unspecified atom stereocenters. The predicted molar refractivity (Wildman–Crippen MR) is 83.3 cm³/mol. The lowest BCUT2D eigenvalue weighted by molar-refractivity contribution is -0.141. The second-order valence-electron chi connectivity index (χ2n) is 5.59. The molecule has 0 radical (unpaired) electrons. The highest BCUT2D eigenvalue weighted by molar-refractivity contribution is 5.75. The summed E-state index contributed by atoms with van der Waals surface area (Å²) in [7, 11) is 0. The zero-order chi connectivity index (χ0) is 15.1. The molecule has 0 aliphatic carbocycles. The Morgan fingerprint density at radius 2 is 2.10 bits per heavy atom. The van der Waals surface area contributed by atoms with Crippen LogP contribution in [0.4, 0.5) is 0 Å². The summed E-state index contributed by atoms with van der Waals surface area (Å²) in [6.07, 6.45) is 11.5. The Balaban J connectivity index is 1.93. The molecule has 1 aromatic heterocycles. The third kappa shape index (κ3) is 4.39.